The average molecular weight is 464 g/mol. The van der Waals surface area contributed by atoms with Crippen molar-refractivity contribution in [1.82, 2.24) is 4.98 Å². The van der Waals surface area contributed by atoms with Crippen molar-refractivity contribution in [3.05, 3.63) is 128 Å². The largest absolute Gasteiger partial charge is 0.264 e. The summed E-state index contributed by atoms with van der Waals surface area (Å²) in [6.45, 7) is 0. The Morgan fingerprint density at radius 3 is 1.83 bits per heavy atom. The second kappa shape index (κ2) is 8.19. The highest BCUT2D eigenvalue weighted by molar-refractivity contribution is 7.26. The van der Waals surface area contributed by atoms with Gasteiger partial charge in [-0.2, -0.15) is 0 Å². The van der Waals surface area contributed by atoms with Crippen molar-refractivity contribution in [3.63, 3.8) is 0 Å². The van der Waals surface area contributed by atoms with Crippen LogP contribution in [0.25, 0.3) is 64.3 Å². The number of rotatable bonds is 3. The smallest absolute Gasteiger partial charge is 0.0434 e. The maximum Gasteiger partial charge on any atom is 0.0434 e. The van der Waals surface area contributed by atoms with E-state index in [2.05, 4.69) is 114 Å². The van der Waals surface area contributed by atoms with Gasteiger partial charge in [-0.05, 0) is 56.3 Å². The van der Waals surface area contributed by atoms with Gasteiger partial charge in [0.15, 0.2) is 0 Å². The average Bonchev–Trinajstić information content (AvgIpc) is 3.32. The molecule has 0 unspecified atom stereocenters. The predicted molar refractivity (Wildman–Crippen MR) is 151 cm³/mol. The molecule has 0 aliphatic heterocycles. The van der Waals surface area contributed by atoms with Crippen LogP contribution in [0, 0.1) is 0 Å². The van der Waals surface area contributed by atoms with Crippen LogP contribution in [0.5, 0.6) is 0 Å². The first-order valence-electron chi connectivity index (χ1n) is 11.8. The second-order valence-corrected chi connectivity index (χ2v) is 9.87. The third-order valence-electron chi connectivity index (χ3n) is 6.78. The Morgan fingerprint density at radius 2 is 1.11 bits per heavy atom. The van der Waals surface area contributed by atoms with Gasteiger partial charge >= 0.3 is 0 Å². The van der Waals surface area contributed by atoms with E-state index in [1.54, 1.807) is 0 Å². The molecule has 2 heterocycles. The van der Waals surface area contributed by atoms with Gasteiger partial charge in [0.2, 0.25) is 0 Å². The van der Waals surface area contributed by atoms with Crippen molar-refractivity contribution in [2.45, 2.75) is 0 Å². The summed E-state index contributed by atoms with van der Waals surface area (Å²) >= 11 is 1.90. The van der Waals surface area contributed by atoms with Gasteiger partial charge in [0.25, 0.3) is 0 Å². The summed E-state index contributed by atoms with van der Waals surface area (Å²) in [6.07, 6.45) is 3.72. The van der Waals surface area contributed by atoms with Crippen molar-refractivity contribution >= 4 is 42.3 Å². The molecule has 0 bridgehead atoms. The molecule has 7 rings (SSSR count). The highest BCUT2D eigenvalue weighted by atomic mass is 32.1. The monoisotopic (exact) mass is 463 g/mol. The van der Waals surface area contributed by atoms with Gasteiger partial charge in [-0.25, -0.2) is 0 Å². The lowest BCUT2D eigenvalue weighted by Gasteiger charge is -2.06. The van der Waals surface area contributed by atoms with E-state index in [9.17, 15) is 0 Å². The quantitative estimate of drug-likeness (QED) is 0.254. The highest BCUT2D eigenvalue weighted by Gasteiger charge is 2.14. The molecule has 35 heavy (non-hydrogen) atoms. The van der Waals surface area contributed by atoms with E-state index in [1.807, 2.05) is 29.8 Å². The number of nitrogens with zero attached hydrogens (tertiary/aromatic N) is 1. The van der Waals surface area contributed by atoms with Crippen LogP contribution < -0.4 is 0 Å². The Balaban J connectivity index is 1.39. The van der Waals surface area contributed by atoms with Crippen LogP contribution in [0.2, 0.25) is 0 Å². The van der Waals surface area contributed by atoms with Gasteiger partial charge in [-0.3, -0.25) is 4.98 Å². The lowest BCUT2D eigenvalue weighted by molar-refractivity contribution is 1.33. The molecule has 0 amide bonds. The second-order valence-electron chi connectivity index (χ2n) is 8.85. The number of hydrogen-bond donors (Lipinski definition) is 0. The van der Waals surface area contributed by atoms with Crippen LogP contribution in [0.3, 0.4) is 0 Å². The molecule has 7 aromatic rings. The molecule has 0 atom stereocenters. The van der Waals surface area contributed by atoms with E-state index in [1.165, 1.54) is 58.8 Å². The lowest BCUT2D eigenvalue weighted by atomic mass is 9.98. The first-order chi connectivity index (χ1) is 17.3. The summed E-state index contributed by atoms with van der Waals surface area (Å²) in [4.78, 5) is 4.26. The first-order valence-corrected chi connectivity index (χ1v) is 12.6. The summed E-state index contributed by atoms with van der Waals surface area (Å²) in [7, 11) is 0. The number of pyridine rings is 1. The van der Waals surface area contributed by atoms with Gasteiger partial charge in [-0.1, -0.05) is 103 Å². The van der Waals surface area contributed by atoms with Gasteiger partial charge < -0.3 is 0 Å². The molecule has 0 radical (unpaired) electrons. The number of aromatic nitrogens is 1. The summed E-state index contributed by atoms with van der Waals surface area (Å²) in [5.74, 6) is 0. The van der Waals surface area contributed by atoms with Crippen LogP contribution in [-0.2, 0) is 0 Å². The van der Waals surface area contributed by atoms with E-state index in [0.29, 0.717) is 0 Å². The molecule has 164 valence electrons. The number of hydrogen-bond acceptors (Lipinski definition) is 2. The van der Waals surface area contributed by atoms with E-state index < -0.39 is 0 Å². The van der Waals surface area contributed by atoms with Crippen molar-refractivity contribution in [3.8, 4) is 33.4 Å². The normalized spacial score (nSPS) is 11.4. The lowest BCUT2D eigenvalue weighted by Crippen LogP contribution is -1.81. The standard InChI is InChI=1S/C33H21NS/c1-2-7-25-20-26(18-15-22(25)6-1)29-10-4-12-31-30-11-3-9-28(32(30)35-33(29)31)24-16-13-23(14-17-24)27-8-5-19-34-21-27/h1-21H. The van der Waals surface area contributed by atoms with E-state index in [4.69, 9.17) is 0 Å². The Bertz CT molecular complexity index is 1830. The van der Waals surface area contributed by atoms with Crippen molar-refractivity contribution in [1.29, 1.82) is 0 Å². The molecule has 0 saturated heterocycles. The van der Waals surface area contributed by atoms with Gasteiger partial charge in [0.1, 0.15) is 0 Å². The molecule has 0 aliphatic carbocycles. The number of thiophene rings is 1. The molecular weight excluding hydrogens is 442 g/mol. The summed E-state index contributed by atoms with van der Waals surface area (Å²) in [5, 5.41) is 5.19. The molecule has 5 aromatic carbocycles. The SMILES string of the molecule is c1cncc(-c2ccc(-c3cccc4c3sc3c(-c5ccc6ccccc6c5)cccc34)cc2)c1. The zero-order valence-electron chi connectivity index (χ0n) is 19.0. The molecule has 0 N–H and O–H groups in total. The van der Waals surface area contributed by atoms with E-state index in [0.717, 1.165) is 5.56 Å². The predicted octanol–water partition coefficient (Wildman–Crippen LogP) is 9.60. The molecular formula is C33H21NS. The Hall–Kier alpha value is -4.27. The third-order valence-corrected chi connectivity index (χ3v) is 8.06. The molecule has 2 heteroatoms. The Morgan fingerprint density at radius 1 is 0.457 bits per heavy atom. The molecule has 0 saturated carbocycles. The van der Waals surface area contributed by atoms with Gasteiger partial charge in [0, 0.05) is 32.6 Å². The minimum atomic E-state index is 1.14. The molecule has 2 aromatic heterocycles. The first kappa shape index (κ1) is 20.1. The Labute approximate surface area is 208 Å². The van der Waals surface area contributed by atoms with Crippen LogP contribution in [-0.4, -0.2) is 4.98 Å². The maximum atomic E-state index is 4.26. The van der Waals surface area contributed by atoms with Crippen molar-refractivity contribution in [2.75, 3.05) is 0 Å². The summed E-state index contributed by atoms with van der Waals surface area (Å²) in [5.41, 5.74) is 7.41. The van der Waals surface area contributed by atoms with Crippen LogP contribution in [0.1, 0.15) is 0 Å². The Kier molecular flexibility index (Phi) is 4.71. The zero-order valence-corrected chi connectivity index (χ0v) is 19.8. The number of fused-ring (bicyclic) bond motifs is 4. The maximum absolute atomic E-state index is 4.26. The number of benzene rings is 5. The van der Waals surface area contributed by atoms with Crippen molar-refractivity contribution < 1.29 is 0 Å². The fourth-order valence-electron chi connectivity index (χ4n) is 5.01. The van der Waals surface area contributed by atoms with Crippen LogP contribution in [0.15, 0.2) is 128 Å². The summed E-state index contributed by atoms with van der Waals surface area (Å²) < 4.78 is 2.68. The van der Waals surface area contributed by atoms with Crippen LogP contribution in [0.4, 0.5) is 0 Å². The van der Waals surface area contributed by atoms with E-state index >= 15 is 0 Å². The molecule has 0 fully saturated rings. The summed E-state index contributed by atoms with van der Waals surface area (Å²) in [6, 6.07) is 41.7. The minimum Gasteiger partial charge on any atom is -0.264 e. The topological polar surface area (TPSA) is 12.9 Å². The third kappa shape index (κ3) is 3.42. The van der Waals surface area contributed by atoms with E-state index in [-0.39, 0.29) is 0 Å². The highest BCUT2D eigenvalue weighted by Crippen LogP contribution is 2.44. The molecule has 1 nitrogen and oxygen atoms in total. The fraction of sp³-hybridized carbons (Fsp3) is 0. The van der Waals surface area contributed by atoms with Crippen molar-refractivity contribution in [2.24, 2.45) is 0 Å². The van der Waals surface area contributed by atoms with Crippen LogP contribution >= 0.6 is 11.3 Å². The zero-order chi connectivity index (χ0) is 23.2. The fourth-order valence-corrected chi connectivity index (χ4v) is 6.38. The molecule has 0 aliphatic rings. The van der Waals surface area contributed by atoms with Gasteiger partial charge in [0.05, 0.1) is 0 Å². The van der Waals surface area contributed by atoms with Gasteiger partial charge in [-0.15, -0.1) is 11.3 Å². The molecule has 0 spiro atoms. The minimum absolute atomic E-state index is 1.14.